The first-order chi connectivity index (χ1) is 10.2. The minimum absolute atomic E-state index is 0.333. The van der Waals surface area contributed by atoms with E-state index in [1.807, 2.05) is 0 Å². The van der Waals surface area contributed by atoms with Crippen molar-refractivity contribution in [1.29, 1.82) is 0 Å². The summed E-state index contributed by atoms with van der Waals surface area (Å²) in [5.41, 5.74) is -2.40. The molecule has 0 amide bonds. The molecular weight excluding hydrogens is 324 g/mol. The highest BCUT2D eigenvalue weighted by molar-refractivity contribution is 5.72. The van der Waals surface area contributed by atoms with E-state index in [4.69, 9.17) is 0 Å². The molecule has 2 aromatic rings. The van der Waals surface area contributed by atoms with Crippen molar-refractivity contribution in [2.45, 2.75) is 6.61 Å². The first-order valence-electron chi connectivity index (χ1n) is 5.50. The average Bonchev–Trinajstić information content (AvgIpc) is 2.45. The third kappa shape index (κ3) is 2.70. The largest absolute Gasteiger partial charge is 0.434 e. The summed E-state index contributed by atoms with van der Waals surface area (Å²) in [4.78, 5) is 0. The van der Waals surface area contributed by atoms with Crippen molar-refractivity contribution in [3.05, 3.63) is 53.1 Å². The topological polar surface area (TPSA) is 9.23 Å². The van der Waals surface area contributed by atoms with Crippen LogP contribution in [0.15, 0.2) is 18.2 Å². The Morgan fingerprint density at radius 1 is 0.727 bits per heavy atom. The molecule has 0 aliphatic carbocycles. The SMILES string of the molecule is Fc1ccc(-c2c(F)c(F)c(F)c(F)c2F)c(OC(F)F)c1. The monoisotopic (exact) mass is 328 g/mol. The summed E-state index contributed by atoms with van der Waals surface area (Å²) in [5, 5.41) is 0. The van der Waals surface area contributed by atoms with Crippen LogP contribution in [0.3, 0.4) is 0 Å². The smallest absolute Gasteiger partial charge is 0.387 e. The minimum atomic E-state index is -3.50. The van der Waals surface area contributed by atoms with Crippen LogP contribution in [0, 0.1) is 34.9 Å². The molecule has 0 bridgehead atoms. The third-order valence-corrected chi connectivity index (χ3v) is 2.64. The fraction of sp³-hybridized carbons (Fsp3) is 0.0769. The van der Waals surface area contributed by atoms with Gasteiger partial charge in [-0.05, 0) is 12.1 Å². The van der Waals surface area contributed by atoms with Crippen LogP contribution in [0.2, 0.25) is 0 Å². The highest BCUT2D eigenvalue weighted by Crippen LogP contribution is 2.37. The average molecular weight is 328 g/mol. The van der Waals surface area contributed by atoms with E-state index in [2.05, 4.69) is 4.74 Å². The normalized spacial score (nSPS) is 11.1. The number of hydrogen-bond donors (Lipinski definition) is 0. The van der Waals surface area contributed by atoms with Crippen LogP contribution < -0.4 is 4.74 Å². The molecule has 0 saturated carbocycles. The molecule has 0 radical (unpaired) electrons. The number of hydrogen-bond acceptors (Lipinski definition) is 1. The predicted molar refractivity (Wildman–Crippen MR) is 58.3 cm³/mol. The summed E-state index contributed by atoms with van der Waals surface area (Å²) in [6.07, 6.45) is 0. The van der Waals surface area contributed by atoms with Gasteiger partial charge < -0.3 is 4.74 Å². The van der Waals surface area contributed by atoms with Gasteiger partial charge >= 0.3 is 6.61 Å². The Labute approximate surface area is 117 Å². The van der Waals surface area contributed by atoms with Gasteiger partial charge in [0.2, 0.25) is 5.82 Å². The second-order valence-electron chi connectivity index (χ2n) is 3.96. The zero-order valence-electron chi connectivity index (χ0n) is 10.2. The Bertz CT molecular complexity index is 699. The highest BCUT2D eigenvalue weighted by Gasteiger charge is 2.28. The molecule has 0 aliphatic heterocycles. The van der Waals surface area contributed by atoms with Crippen molar-refractivity contribution >= 4 is 0 Å². The first-order valence-corrected chi connectivity index (χ1v) is 5.50. The zero-order chi connectivity index (χ0) is 16.6. The molecule has 1 nitrogen and oxygen atoms in total. The lowest BCUT2D eigenvalue weighted by Gasteiger charge is -2.13. The Morgan fingerprint density at radius 3 is 1.73 bits per heavy atom. The van der Waals surface area contributed by atoms with Crippen LogP contribution in [0.25, 0.3) is 11.1 Å². The molecule has 2 aromatic carbocycles. The summed E-state index contributed by atoms with van der Waals surface area (Å²) < 4.78 is 108. The summed E-state index contributed by atoms with van der Waals surface area (Å²) >= 11 is 0. The van der Waals surface area contributed by atoms with Gasteiger partial charge in [0.05, 0.1) is 5.56 Å². The van der Waals surface area contributed by atoms with Gasteiger partial charge in [0.15, 0.2) is 23.3 Å². The number of halogens is 8. The van der Waals surface area contributed by atoms with Gasteiger partial charge in [-0.15, -0.1) is 0 Å². The summed E-state index contributed by atoms with van der Waals surface area (Å²) in [6, 6.07) is 1.48. The maximum Gasteiger partial charge on any atom is 0.387 e. The lowest BCUT2D eigenvalue weighted by Crippen LogP contribution is -2.07. The van der Waals surface area contributed by atoms with E-state index in [-0.39, 0.29) is 0 Å². The van der Waals surface area contributed by atoms with Crippen LogP contribution in [0.4, 0.5) is 35.1 Å². The van der Waals surface area contributed by atoms with E-state index in [1.54, 1.807) is 0 Å². The van der Waals surface area contributed by atoms with Crippen LogP contribution in [-0.4, -0.2) is 6.61 Å². The van der Waals surface area contributed by atoms with Crippen molar-refractivity contribution in [1.82, 2.24) is 0 Å². The van der Waals surface area contributed by atoms with E-state index in [0.717, 1.165) is 0 Å². The van der Waals surface area contributed by atoms with Crippen molar-refractivity contribution < 1.29 is 39.9 Å². The molecule has 0 N–H and O–H groups in total. The Hall–Kier alpha value is -2.32. The van der Waals surface area contributed by atoms with E-state index >= 15 is 0 Å². The lowest BCUT2D eigenvalue weighted by molar-refractivity contribution is -0.0496. The van der Waals surface area contributed by atoms with E-state index in [1.165, 1.54) is 0 Å². The van der Waals surface area contributed by atoms with Crippen LogP contribution in [-0.2, 0) is 0 Å². The predicted octanol–water partition coefficient (Wildman–Crippen LogP) is 4.79. The first kappa shape index (κ1) is 16.1. The number of benzene rings is 2. The lowest BCUT2D eigenvalue weighted by atomic mass is 10.0. The molecule has 9 heteroatoms. The van der Waals surface area contributed by atoms with Crippen molar-refractivity contribution in [3.63, 3.8) is 0 Å². The van der Waals surface area contributed by atoms with Gasteiger partial charge in [-0.1, -0.05) is 0 Å². The zero-order valence-corrected chi connectivity index (χ0v) is 10.2. The molecule has 0 fully saturated rings. The quantitative estimate of drug-likeness (QED) is 0.447. The van der Waals surface area contributed by atoms with Crippen LogP contribution in [0.1, 0.15) is 0 Å². The standard InChI is InChI=1S/C13H4F8O/c14-4-1-2-5(6(3-4)22-13(20)21)7-8(15)10(17)12(19)11(18)9(7)16/h1-3,13H. The Kier molecular flexibility index (Phi) is 4.25. The molecule has 0 spiro atoms. The number of rotatable bonds is 3. The second-order valence-corrected chi connectivity index (χ2v) is 3.96. The third-order valence-electron chi connectivity index (χ3n) is 2.64. The molecule has 22 heavy (non-hydrogen) atoms. The van der Waals surface area contributed by atoms with Crippen molar-refractivity contribution in [3.8, 4) is 16.9 Å². The summed E-state index contributed by atoms with van der Waals surface area (Å²) in [5.74, 6) is -13.6. The fourth-order valence-corrected chi connectivity index (χ4v) is 1.74. The number of alkyl halides is 2. The molecule has 0 aliphatic rings. The van der Waals surface area contributed by atoms with Gasteiger partial charge in [-0.3, -0.25) is 0 Å². The maximum atomic E-state index is 13.6. The van der Waals surface area contributed by atoms with E-state index in [9.17, 15) is 35.1 Å². The molecule has 0 unspecified atom stereocenters. The van der Waals surface area contributed by atoms with Gasteiger partial charge in [0.25, 0.3) is 0 Å². The minimum Gasteiger partial charge on any atom is -0.434 e. The maximum absolute atomic E-state index is 13.6. The van der Waals surface area contributed by atoms with Gasteiger partial charge in [0, 0.05) is 11.6 Å². The molecular formula is C13H4F8O. The Morgan fingerprint density at radius 2 is 1.23 bits per heavy atom. The molecule has 0 saturated heterocycles. The molecule has 2 rings (SSSR count). The highest BCUT2D eigenvalue weighted by atomic mass is 19.3. The van der Waals surface area contributed by atoms with Crippen LogP contribution >= 0.6 is 0 Å². The van der Waals surface area contributed by atoms with E-state index in [0.29, 0.717) is 18.2 Å². The fourth-order valence-electron chi connectivity index (χ4n) is 1.74. The molecule has 0 heterocycles. The Balaban J connectivity index is 2.77. The van der Waals surface area contributed by atoms with Gasteiger partial charge in [-0.25, -0.2) is 26.3 Å². The van der Waals surface area contributed by atoms with Crippen molar-refractivity contribution in [2.24, 2.45) is 0 Å². The second kappa shape index (κ2) is 5.82. The van der Waals surface area contributed by atoms with Gasteiger partial charge in [-0.2, -0.15) is 8.78 Å². The summed E-state index contributed by atoms with van der Waals surface area (Å²) in [7, 11) is 0. The molecule has 0 atom stereocenters. The van der Waals surface area contributed by atoms with Crippen LogP contribution in [0.5, 0.6) is 5.75 Å². The molecule has 118 valence electrons. The van der Waals surface area contributed by atoms with Gasteiger partial charge in [0.1, 0.15) is 11.6 Å². The van der Waals surface area contributed by atoms with Crippen molar-refractivity contribution in [2.75, 3.05) is 0 Å². The molecule has 0 aromatic heterocycles. The summed E-state index contributed by atoms with van der Waals surface area (Å²) in [6.45, 7) is -3.50. The van der Waals surface area contributed by atoms with E-state index < -0.39 is 58.4 Å². The number of ether oxygens (including phenoxy) is 1.